The summed E-state index contributed by atoms with van der Waals surface area (Å²) in [4.78, 5) is 14.3. The molecule has 0 aliphatic carbocycles. The molecule has 0 bridgehead atoms. The molecule has 1 saturated heterocycles. The van der Waals surface area contributed by atoms with Gasteiger partial charge in [0.1, 0.15) is 5.82 Å². The third-order valence-corrected chi connectivity index (χ3v) is 4.12. The van der Waals surface area contributed by atoms with Gasteiger partial charge < -0.3 is 10.1 Å². The van der Waals surface area contributed by atoms with Gasteiger partial charge in [-0.3, -0.25) is 9.69 Å². The quantitative estimate of drug-likeness (QED) is 0.917. The molecular formula is C19H21FN2O2. The predicted octanol–water partition coefficient (Wildman–Crippen LogP) is 2.63. The Labute approximate surface area is 141 Å². The number of benzene rings is 2. The first-order valence-corrected chi connectivity index (χ1v) is 8.15. The van der Waals surface area contributed by atoms with E-state index >= 15 is 0 Å². The predicted molar refractivity (Wildman–Crippen MR) is 90.3 cm³/mol. The Morgan fingerprint density at radius 2 is 2.04 bits per heavy atom. The van der Waals surface area contributed by atoms with Gasteiger partial charge in [-0.25, -0.2) is 4.39 Å². The van der Waals surface area contributed by atoms with Gasteiger partial charge in [0, 0.05) is 31.7 Å². The van der Waals surface area contributed by atoms with E-state index in [9.17, 15) is 9.18 Å². The fraction of sp³-hybridized carbons (Fsp3) is 0.316. The monoisotopic (exact) mass is 328 g/mol. The number of carbonyl (C=O) groups excluding carboxylic acids is 1. The van der Waals surface area contributed by atoms with Gasteiger partial charge in [-0.2, -0.15) is 0 Å². The maximum Gasteiger partial charge on any atom is 0.251 e. The smallest absolute Gasteiger partial charge is 0.251 e. The molecule has 5 heteroatoms. The summed E-state index contributed by atoms with van der Waals surface area (Å²) in [6, 6.07) is 15.9. The number of hydrogen-bond donors (Lipinski definition) is 1. The van der Waals surface area contributed by atoms with Crippen molar-refractivity contribution in [3.05, 3.63) is 71.5 Å². The Kier molecular flexibility index (Phi) is 5.56. The fourth-order valence-corrected chi connectivity index (χ4v) is 2.83. The van der Waals surface area contributed by atoms with Gasteiger partial charge in [0.05, 0.1) is 12.7 Å². The summed E-state index contributed by atoms with van der Waals surface area (Å²) in [5.74, 6) is -0.649. The van der Waals surface area contributed by atoms with Crippen LogP contribution in [0.5, 0.6) is 0 Å². The number of carbonyl (C=O) groups is 1. The van der Waals surface area contributed by atoms with Crippen molar-refractivity contribution < 1.29 is 13.9 Å². The summed E-state index contributed by atoms with van der Waals surface area (Å²) in [5, 5.41) is 2.84. The van der Waals surface area contributed by atoms with E-state index in [2.05, 4.69) is 22.3 Å². The van der Waals surface area contributed by atoms with Crippen molar-refractivity contribution in [1.29, 1.82) is 0 Å². The molecule has 1 atom stereocenters. The molecule has 1 unspecified atom stereocenters. The van der Waals surface area contributed by atoms with Crippen molar-refractivity contribution in [3.8, 4) is 0 Å². The zero-order valence-electron chi connectivity index (χ0n) is 13.5. The molecule has 1 heterocycles. The average molecular weight is 328 g/mol. The third kappa shape index (κ3) is 4.40. The highest BCUT2D eigenvalue weighted by atomic mass is 19.1. The van der Waals surface area contributed by atoms with E-state index in [1.807, 2.05) is 18.2 Å². The van der Waals surface area contributed by atoms with E-state index in [1.165, 1.54) is 23.8 Å². The van der Waals surface area contributed by atoms with Crippen LogP contribution in [-0.4, -0.2) is 43.6 Å². The van der Waals surface area contributed by atoms with Crippen LogP contribution in [0.15, 0.2) is 54.6 Å². The maximum atomic E-state index is 13.1. The molecule has 1 aliphatic rings. The van der Waals surface area contributed by atoms with Crippen LogP contribution < -0.4 is 5.32 Å². The van der Waals surface area contributed by atoms with Gasteiger partial charge in [0.25, 0.3) is 5.91 Å². The van der Waals surface area contributed by atoms with Gasteiger partial charge in [-0.05, 0) is 23.8 Å². The zero-order valence-corrected chi connectivity index (χ0v) is 13.5. The Bertz CT molecular complexity index is 678. The standard InChI is InChI=1S/C19H21FN2O2/c20-17-8-4-7-16(13-17)19(23)21-9-10-22-11-12-24-18(14-22)15-5-2-1-3-6-15/h1-8,13,18H,9-12,14H2,(H,21,23). The molecule has 0 spiro atoms. The van der Waals surface area contributed by atoms with Crippen LogP contribution in [0.1, 0.15) is 22.0 Å². The number of halogens is 1. The second kappa shape index (κ2) is 8.04. The second-order valence-electron chi connectivity index (χ2n) is 5.84. The summed E-state index contributed by atoms with van der Waals surface area (Å²) in [5.41, 5.74) is 1.52. The lowest BCUT2D eigenvalue weighted by atomic mass is 10.1. The van der Waals surface area contributed by atoms with E-state index in [-0.39, 0.29) is 12.0 Å². The Hall–Kier alpha value is -2.24. The molecule has 1 aliphatic heterocycles. The number of morpholine rings is 1. The van der Waals surface area contributed by atoms with E-state index in [0.29, 0.717) is 18.7 Å². The number of hydrogen-bond acceptors (Lipinski definition) is 3. The molecule has 24 heavy (non-hydrogen) atoms. The molecule has 1 fully saturated rings. The molecular weight excluding hydrogens is 307 g/mol. The SMILES string of the molecule is O=C(NCCN1CCOC(c2ccccc2)C1)c1cccc(F)c1. The zero-order chi connectivity index (χ0) is 16.8. The molecule has 2 aromatic rings. The normalized spacial score (nSPS) is 18.3. The van der Waals surface area contributed by atoms with E-state index in [0.717, 1.165) is 19.6 Å². The maximum absolute atomic E-state index is 13.1. The first-order valence-electron chi connectivity index (χ1n) is 8.15. The van der Waals surface area contributed by atoms with E-state index < -0.39 is 5.82 Å². The minimum Gasteiger partial charge on any atom is -0.371 e. The van der Waals surface area contributed by atoms with Gasteiger partial charge >= 0.3 is 0 Å². The number of ether oxygens (including phenoxy) is 1. The molecule has 3 rings (SSSR count). The van der Waals surface area contributed by atoms with Crippen molar-refractivity contribution in [1.82, 2.24) is 10.2 Å². The summed E-state index contributed by atoms with van der Waals surface area (Å²) < 4.78 is 19.0. The van der Waals surface area contributed by atoms with Gasteiger partial charge in [0.2, 0.25) is 0 Å². The molecule has 2 aromatic carbocycles. The fourth-order valence-electron chi connectivity index (χ4n) is 2.83. The lowest BCUT2D eigenvalue weighted by Gasteiger charge is -2.33. The molecule has 1 amide bonds. The van der Waals surface area contributed by atoms with Crippen molar-refractivity contribution in [2.24, 2.45) is 0 Å². The number of nitrogens with one attached hydrogen (secondary N) is 1. The second-order valence-corrected chi connectivity index (χ2v) is 5.84. The van der Waals surface area contributed by atoms with Crippen LogP contribution in [0.4, 0.5) is 4.39 Å². The summed E-state index contributed by atoms with van der Waals surface area (Å²) in [7, 11) is 0. The van der Waals surface area contributed by atoms with Crippen LogP contribution in [0.25, 0.3) is 0 Å². The van der Waals surface area contributed by atoms with Crippen molar-refractivity contribution in [2.45, 2.75) is 6.10 Å². The average Bonchev–Trinajstić information content (AvgIpc) is 2.63. The van der Waals surface area contributed by atoms with Gasteiger partial charge in [0.15, 0.2) is 0 Å². The Morgan fingerprint density at radius 1 is 1.21 bits per heavy atom. The van der Waals surface area contributed by atoms with Gasteiger partial charge in [-0.1, -0.05) is 36.4 Å². The first-order chi connectivity index (χ1) is 11.7. The lowest BCUT2D eigenvalue weighted by molar-refractivity contribution is -0.0293. The Balaban J connectivity index is 1.47. The Morgan fingerprint density at radius 3 is 2.83 bits per heavy atom. The molecule has 4 nitrogen and oxygen atoms in total. The highest BCUT2D eigenvalue weighted by Crippen LogP contribution is 2.21. The van der Waals surface area contributed by atoms with Gasteiger partial charge in [-0.15, -0.1) is 0 Å². The summed E-state index contributed by atoms with van der Waals surface area (Å²) in [6.07, 6.45) is 0.0684. The number of nitrogens with zero attached hydrogens (tertiary/aromatic N) is 1. The molecule has 0 aromatic heterocycles. The first kappa shape index (κ1) is 16.6. The molecule has 0 radical (unpaired) electrons. The van der Waals surface area contributed by atoms with E-state index in [1.54, 1.807) is 6.07 Å². The van der Waals surface area contributed by atoms with Crippen LogP contribution in [0, 0.1) is 5.82 Å². The van der Waals surface area contributed by atoms with Crippen LogP contribution in [-0.2, 0) is 4.74 Å². The molecule has 1 N–H and O–H groups in total. The van der Waals surface area contributed by atoms with Crippen LogP contribution in [0.3, 0.4) is 0 Å². The van der Waals surface area contributed by atoms with Crippen molar-refractivity contribution in [3.63, 3.8) is 0 Å². The highest BCUT2D eigenvalue weighted by molar-refractivity contribution is 5.94. The molecule has 126 valence electrons. The number of amides is 1. The van der Waals surface area contributed by atoms with Crippen molar-refractivity contribution in [2.75, 3.05) is 32.8 Å². The van der Waals surface area contributed by atoms with Crippen LogP contribution >= 0.6 is 0 Å². The topological polar surface area (TPSA) is 41.6 Å². The summed E-state index contributed by atoms with van der Waals surface area (Å²) in [6.45, 7) is 3.60. The van der Waals surface area contributed by atoms with Crippen molar-refractivity contribution >= 4 is 5.91 Å². The van der Waals surface area contributed by atoms with Crippen LogP contribution in [0.2, 0.25) is 0 Å². The lowest BCUT2D eigenvalue weighted by Crippen LogP contribution is -2.42. The molecule has 0 saturated carbocycles. The largest absolute Gasteiger partial charge is 0.371 e. The number of rotatable bonds is 5. The minimum absolute atomic E-state index is 0.0684. The minimum atomic E-state index is -0.401. The highest BCUT2D eigenvalue weighted by Gasteiger charge is 2.21. The van der Waals surface area contributed by atoms with E-state index in [4.69, 9.17) is 4.74 Å². The third-order valence-electron chi connectivity index (χ3n) is 4.12. The summed E-state index contributed by atoms with van der Waals surface area (Å²) >= 11 is 0.